The summed E-state index contributed by atoms with van der Waals surface area (Å²) in [5.74, 6) is 6.38. The number of nitrogen functional groups attached to an aromatic ring is 1. The molecule has 0 spiro atoms. The fraction of sp³-hybridized carbons (Fsp3) is 0.278. The number of hydrogen-bond donors (Lipinski definition) is 1. The van der Waals surface area contributed by atoms with E-state index in [9.17, 15) is 4.79 Å². The molecule has 4 aromatic heterocycles. The molecule has 1 aliphatic rings. The van der Waals surface area contributed by atoms with Crippen molar-refractivity contribution in [1.29, 1.82) is 0 Å². The minimum Gasteiger partial charge on any atom is -0.463 e. The normalized spacial score (nSPS) is 16.2. The van der Waals surface area contributed by atoms with Gasteiger partial charge in [-0.25, -0.2) is 14.6 Å². The van der Waals surface area contributed by atoms with Gasteiger partial charge in [-0.1, -0.05) is 0 Å². The number of fused-ring (bicyclic) bond motifs is 5. The van der Waals surface area contributed by atoms with Crippen LogP contribution in [0.4, 0.5) is 0 Å². The Morgan fingerprint density at radius 3 is 2.96 bits per heavy atom. The van der Waals surface area contributed by atoms with Crippen LogP contribution in [-0.4, -0.2) is 20.2 Å². The lowest BCUT2D eigenvalue weighted by Crippen LogP contribution is -2.32. The largest absolute Gasteiger partial charge is 0.463 e. The van der Waals surface area contributed by atoms with Crippen molar-refractivity contribution >= 4 is 31.8 Å². The molecule has 0 radical (unpaired) electrons. The highest BCUT2D eigenvalue weighted by atomic mass is 32.1. The predicted molar refractivity (Wildman–Crippen MR) is 99.6 cm³/mol. The molecular weight excluding hydrogens is 352 g/mol. The number of ether oxygens (including phenoxy) is 1. The second-order valence-electron chi connectivity index (χ2n) is 7.04. The standard InChI is InChI=1S/C18H16N4O3S/c1-18(2)6-9-10(7-25-18)13(11-4-3-5-24-11)21-16-12(9)14-15(26-16)17(23)22(19)8-20-14/h3-5,8H,6-7,19H2,1-2H3. The zero-order valence-corrected chi connectivity index (χ0v) is 15.1. The van der Waals surface area contributed by atoms with Crippen LogP contribution < -0.4 is 11.4 Å². The third kappa shape index (κ3) is 2.12. The zero-order chi connectivity index (χ0) is 18.1. The summed E-state index contributed by atoms with van der Waals surface area (Å²) in [5, 5.41) is 0.921. The summed E-state index contributed by atoms with van der Waals surface area (Å²) in [4.78, 5) is 22.4. The maximum absolute atomic E-state index is 12.4. The molecule has 5 rings (SSSR count). The number of nitrogens with two attached hydrogens (primary N) is 1. The third-order valence-electron chi connectivity index (χ3n) is 4.73. The number of rotatable bonds is 1. The lowest BCUT2D eigenvalue weighted by atomic mass is 9.89. The summed E-state index contributed by atoms with van der Waals surface area (Å²) < 4.78 is 13.1. The van der Waals surface area contributed by atoms with E-state index in [0.717, 1.165) is 31.7 Å². The first kappa shape index (κ1) is 15.5. The van der Waals surface area contributed by atoms with Gasteiger partial charge in [0.05, 0.1) is 24.0 Å². The lowest BCUT2D eigenvalue weighted by molar-refractivity contribution is -0.0395. The van der Waals surface area contributed by atoms with Crippen LogP contribution >= 0.6 is 11.3 Å². The van der Waals surface area contributed by atoms with Gasteiger partial charge in [-0.3, -0.25) is 4.79 Å². The van der Waals surface area contributed by atoms with E-state index in [1.165, 1.54) is 17.7 Å². The summed E-state index contributed by atoms with van der Waals surface area (Å²) in [6.07, 6.45) is 3.68. The predicted octanol–water partition coefficient (Wildman–Crippen LogP) is 2.83. The maximum Gasteiger partial charge on any atom is 0.289 e. The number of aromatic nitrogens is 3. The van der Waals surface area contributed by atoms with E-state index >= 15 is 0 Å². The van der Waals surface area contributed by atoms with Crippen molar-refractivity contribution in [2.24, 2.45) is 0 Å². The molecule has 132 valence electrons. The van der Waals surface area contributed by atoms with Crippen LogP contribution in [0, 0.1) is 0 Å². The molecule has 0 unspecified atom stereocenters. The van der Waals surface area contributed by atoms with Gasteiger partial charge < -0.3 is 15.0 Å². The molecule has 0 atom stereocenters. The Labute approximate surface area is 152 Å². The first-order chi connectivity index (χ1) is 12.4. The van der Waals surface area contributed by atoms with Crippen molar-refractivity contribution in [3.8, 4) is 11.5 Å². The van der Waals surface area contributed by atoms with Crippen LogP contribution in [0.1, 0.15) is 25.0 Å². The van der Waals surface area contributed by atoms with Gasteiger partial charge in [-0.05, 0) is 31.5 Å². The molecule has 5 heterocycles. The van der Waals surface area contributed by atoms with Crippen molar-refractivity contribution in [3.05, 3.63) is 46.2 Å². The number of nitrogens with zero attached hydrogens (tertiary/aromatic N) is 3. The van der Waals surface area contributed by atoms with Crippen LogP contribution in [-0.2, 0) is 17.8 Å². The van der Waals surface area contributed by atoms with Gasteiger partial charge in [0.2, 0.25) is 0 Å². The highest BCUT2D eigenvalue weighted by molar-refractivity contribution is 7.25. The first-order valence-corrected chi connectivity index (χ1v) is 9.05. The second-order valence-corrected chi connectivity index (χ2v) is 8.04. The molecule has 0 amide bonds. The molecule has 1 aliphatic heterocycles. The molecule has 0 aromatic carbocycles. The number of thiophene rings is 1. The number of furan rings is 1. The highest BCUT2D eigenvalue weighted by Gasteiger charge is 2.32. The fourth-order valence-corrected chi connectivity index (χ4v) is 4.59. The molecule has 0 aliphatic carbocycles. The molecule has 0 fully saturated rings. The van der Waals surface area contributed by atoms with Gasteiger partial charge in [-0.2, -0.15) is 0 Å². The van der Waals surface area contributed by atoms with Gasteiger partial charge in [0, 0.05) is 17.4 Å². The molecule has 0 bridgehead atoms. The lowest BCUT2D eigenvalue weighted by Gasteiger charge is -2.32. The number of hydrogen-bond acceptors (Lipinski definition) is 7. The van der Waals surface area contributed by atoms with Gasteiger partial charge in [0.1, 0.15) is 21.6 Å². The summed E-state index contributed by atoms with van der Waals surface area (Å²) in [6, 6.07) is 3.72. The van der Waals surface area contributed by atoms with Crippen molar-refractivity contribution in [1.82, 2.24) is 14.6 Å². The Hall–Kier alpha value is -2.71. The first-order valence-electron chi connectivity index (χ1n) is 8.23. The van der Waals surface area contributed by atoms with E-state index < -0.39 is 0 Å². The molecule has 8 heteroatoms. The van der Waals surface area contributed by atoms with Gasteiger partial charge in [0.15, 0.2) is 5.76 Å². The Bertz CT molecular complexity index is 1220. The fourth-order valence-electron chi connectivity index (χ4n) is 3.49. The topological polar surface area (TPSA) is 96.2 Å². The quantitative estimate of drug-likeness (QED) is 0.519. The Balaban J connectivity index is 1.95. The molecule has 0 saturated heterocycles. The SMILES string of the molecule is CC1(C)Cc2c(c(-c3ccco3)nc3sc4c(=O)n(N)cnc4c23)CO1. The Kier molecular flexibility index (Phi) is 3.08. The van der Waals surface area contributed by atoms with E-state index in [0.29, 0.717) is 29.0 Å². The zero-order valence-electron chi connectivity index (χ0n) is 14.3. The van der Waals surface area contributed by atoms with E-state index in [2.05, 4.69) is 18.8 Å². The summed E-state index contributed by atoms with van der Waals surface area (Å²) in [5.41, 5.74) is 2.95. The van der Waals surface area contributed by atoms with Gasteiger partial charge in [0.25, 0.3) is 5.56 Å². The smallest absolute Gasteiger partial charge is 0.289 e. The summed E-state index contributed by atoms with van der Waals surface area (Å²) >= 11 is 1.32. The van der Waals surface area contributed by atoms with Gasteiger partial charge in [-0.15, -0.1) is 11.3 Å². The van der Waals surface area contributed by atoms with E-state index in [1.54, 1.807) is 6.26 Å². The second kappa shape index (κ2) is 5.15. The molecular formula is C18H16N4O3S. The molecule has 7 nitrogen and oxygen atoms in total. The molecule has 4 aromatic rings. The van der Waals surface area contributed by atoms with E-state index in [-0.39, 0.29) is 11.2 Å². The average molecular weight is 368 g/mol. The van der Waals surface area contributed by atoms with Crippen molar-refractivity contribution in [3.63, 3.8) is 0 Å². The van der Waals surface area contributed by atoms with Crippen molar-refractivity contribution in [2.75, 3.05) is 5.84 Å². The Morgan fingerprint density at radius 1 is 1.35 bits per heavy atom. The number of pyridine rings is 1. The van der Waals surface area contributed by atoms with Crippen LogP contribution in [0.2, 0.25) is 0 Å². The molecule has 26 heavy (non-hydrogen) atoms. The minimum atomic E-state index is -0.307. The van der Waals surface area contributed by atoms with Crippen LogP contribution in [0.5, 0.6) is 0 Å². The average Bonchev–Trinajstić information content (AvgIpc) is 3.24. The molecule has 0 saturated carbocycles. The summed E-state index contributed by atoms with van der Waals surface area (Å²) in [7, 11) is 0. The highest BCUT2D eigenvalue weighted by Crippen LogP contribution is 2.42. The molecule has 2 N–H and O–H groups in total. The van der Waals surface area contributed by atoms with Crippen molar-refractivity contribution in [2.45, 2.75) is 32.5 Å². The monoisotopic (exact) mass is 368 g/mol. The summed E-state index contributed by atoms with van der Waals surface area (Å²) in [6.45, 7) is 4.56. The third-order valence-corrected chi connectivity index (χ3v) is 5.79. The van der Waals surface area contributed by atoms with E-state index in [1.807, 2.05) is 12.1 Å². The van der Waals surface area contributed by atoms with Crippen LogP contribution in [0.3, 0.4) is 0 Å². The minimum absolute atomic E-state index is 0.266. The maximum atomic E-state index is 12.4. The van der Waals surface area contributed by atoms with Gasteiger partial charge >= 0.3 is 0 Å². The Morgan fingerprint density at radius 2 is 2.19 bits per heavy atom. The van der Waals surface area contributed by atoms with Crippen LogP contribution in [0.15, 0.2) is 33.9 Å². The van der Waals surface area contributed by atoms with Crippen LogP contribution in [0.25, 0.3) is 31.9 Å². The van der Waals surface area contributed by atoms with Crippen molar-refractivity contribution < 1.29 is 9.15 Å². The van der Waals surface area contributed by atoms with E-state index in [4.69, 9.17) is 20.0 Å².